The van der Waals surface area contributed by atoms with Crippen molar-refractivity contribution in [2.45, 2.75) is 26.1 Å². The molecule has 0 aliphatic heterocycles. The molecule has 0 aliphatic carbocycles. The SMILES string of the molecule is CNC(=O)/C(=N\OC)c1ccccc1COc1ccc(C(C)(C)OC)cn1. The topological polar surface area (TPSA) is 82.0 Å². The molecule has 1 aromatic carbocycles. The Labute approximate surface area is 159 Å². The molecule has 7 nitrogen and oxygen atoms in total. The average molecular weight is 371 g/mol. The number of pyridine rings is 1. The molecule has 27 heavy (non-hydrogen) atoms. The summed E-state index contributed by atoms with van der Waals surface area (Å²) in [5, 5.41) is 6.41. The van der Waals surface area contributed by atoms with Crippen LogP contribution < -0.4 is 10.1 Å². The summed E-state index contributed by atoms with van der Waals surface area (Å²) in [6, 6.07) is 11.1. The maximum atomic E-state index is 12.1. The van der Waals surface area contributed by atoms with Gasteiger partial charge in [-0.15, -0.1) is 0 Å². The van der Waals surface area contributed by atoms with Crippen molar-refractivity contribution in [1.29, 1.82) is 0 Å². The minimum atomic E-state index is -0.419. The standard InChI is InChI=1S/C20H25N3O4/c1-20(2,25-4)15-10-11-17(22-12-15)27-13-14-8-6-7-9-16(14)18(23-26-5)19(24)21-3/h6-12H,13H2,1-5H3,(H,21,24)/b23-18-. The van der Waals surface area contributed by atoms with E-state index in [2.05, 4.69) is 15.5 Å². The molecule has 0 bridgehead atoms. The molecule has 0 radical (unpaired) electrons. The van der Waals surface area contributed by atoms with Gasteiger partial charge >= 0.3 is 0 Å². The molecule has 0 fully saturated rings. The molecule has 1 amide bonds. The highest BCUT2D eigenvalue weighted by Crippen LogP contribution is 2.24. The van der Waals surface area contributed by atoms with Gasteiger partial charge in [0, 0.05) is 37.5 Å². The van der Waals surface area contributed by atoms with Gasteiger partial charge in [-0.25, -0.2) is 4.98 Å². The van der Waals surface area contributed by atoms with Gasteiger partial charge in [-0.1, -0.05) is 29.4 Å². The Hall–Kier alpha value is -2.93. The maximum absolute atomic E-state index is 12.1. The highest BCUT2D eigenvalue weighted by atomic mass is 16.6. The van der Waals surface area contributed by atoms with Crippen molar-refractivity contribution < 1.29 is 19.1 Å². The minimum Gasteiger partial charge on any atom is -0.473 e. The van der Waals surface area contributed by atoms with Crippen LogP contribution in [0.15, 0.2) is 47.8 Å². The van der Waals surface area contributed by atoms with Crippen LogP contribution in [0.4, 0.5) is 0 Å². The molecule has 0 saturated carbocycles. The number of oxime groups is 1. The fourth-order valence-electron chi connectivity index (χ4n) is 2.39. The highest BCUT2D eigenvalue weighted by molar-refractivity contribution is 6.45. The number of ether oxygens (including phenoxy) is 2. The van der Waals surface area contributed by atoms with E-state index >= 15 is 0 Å². The highest BCUT2D eigenvalue weighted by Gasteiger charge is 2.20. The Morgan fingerprint density at radius 2 is 1.93 bits per heavy atom. The molecule has 2 rings (SSSR count). The summed E-state index contributed by atoms with van der Waals surface area (Å²) in [6.07, 6.45) is 1.73. The molecule has 1 N–H and O–H groups in total. The summed E-state index contributed by atoms with van der Waals surface area (Å²) in [5.41, 5.74) is 2.14. The first-order chi connectivity index (χ1) is 12.9. The second-order valence-electron chi connectivity index (χ2n) is 6.25. The van der Waals surface area contributed by atoms with E-state index in [4.69, 9.17) is 14.3 Å². The van der Waals surface area contributed by atoms with Crippen molar-refractivity contribution in [2.75, 3.05) is 21.3 Å². The van der Waals surface area contributed by atoms with Gasteiger partial charge < -0.3 is 19.6 Å². The Balaban J connectivity index is 2.19. The summed E-state index contributed by atoms with van der Waals surface area (Å²) < 4.78 is 11.2. The number of aromatic nitrogens is 1. The van der Waals surface area contributed by atoms with Crippen LogP contribution in [-0.2, 0) is 26.6 Å². The zero-order chi connectivity index (χ0) is 19.9. The minimum absolute atomic E-state index is 0.185. The third kappa shape index (κ3) is 5.04. The molecule has 7 heteroatoms. The van der Waals surface area contributed by atoms with Crippen LogP contribution in [0.2, 0.25) is 0 Å². The predicted octanol–water partition coefficient (Wildman–Crippen LogP) is 2.64. The molecule has 2 aromatic rings. The molecule has 0 unspecified atom stereocenters. The Bertz CT molecular complexity index is 801. The lowest BCUT2D eigenvalue weighted by Crippen LogP contribution is -2.29. The Morgan fingerprint density at radius 1 is 1.19 bits per heavy atom. The van der Waals surface area contributed by atoms with Crippen molar-refractivity contribution in [2.24, 2.45) is 5.16 Å². The number of nitrogens with one attached hydrogen (secondary N) is 1. The van der Waals surface area contributed by atoms with Crippen LogP contribution in [0.5, 0.6) is 5.88 Å². The van der Waals surface area contributed by atoms with Crippen LogP contribution in [0.3, 0.4) is 0 Å². The van der Waals surface area contributed by atoms with Gasteiger partial charge in [-0.3, -0.25) is 4.79 Å². The van der Waals surface area contributed by atoms with E-state index in [1.807, 2.05) is 38.1 Å². The van der Waals surface area contributed by atoms with E-state index in [1.165, 1.54) is 7.11 Å². The number of likely N-dealkylation sites (N-methyl/N-ethyl adjacent to an activating group) is 1. The fraction of sp³-hybridized carbons (Fsp3) is 0.350. The number of hydrogen-bond acceptors (Lipinski definition) is 6. The number of carbonyl (C=O) groups excluding carboxylic acids is 1. The van der Waals surface area contributed by atoms with Crippen LogP contribution in [-0.4, -0.2) is 37.9 Å². The van der Waals surface area contributed by atoms with Gasteiger partial charge in [0.1, 0.15) is 13.7 Å². The summed E-state index contributed by atoms with van der Waals surface area (Å²) >= 11 is 0. The molecule has 144 valence electrons. The first-order valence-corrected chi connectivity index (χ1v) is 8.49. The third-order valence-electron chi connectivity index (χ3n) is 4.21. The number of amides is 1. The molecule has 1 heterocycles. The van der Waals surface area contributed by atoms with Crippen molar-refractivity contribution >= 4 is 11.6 Å². The summed E-state index contributed by atoms with van der Waals surface area (Å²) in [5.74, 6) is 0.138. The normalized spacial score (nSPS) is 11.8. The molecule has 1 aromatic heterocycles. The zero-order valence-electron chi connectivity index (χ0n) is 16.3. The molecule has 0 spiro atoms. The van der Waals surface area contributed by atoms with E-state index in [1.54, 1.807) is 32.5 Å². The molecule has 0 saturated heterocycles. The van der Waals surface area contributed by atoms with Crippen LogP contribution in [0.1, 0.15) is 30.5 Å². The van der Waals surface area contributed by atoms with E-state index in [-0.39, 0.29) is 18.2 Å². The number of nitrogens with zero attached hydrogens (tertiary/aromatic N) is 2. The van der Waals surface area contributed by atoms with Gasteiger partial charge in [0.05, 0.1) is 5.60 Å². The lowest BCUT2D eigenvalue weighted by molar-refractivity contribution is -0.114. The van der Waals surface area contributed by atoms with Crippen molar-refractivity contribution in [3.63, 3.8) is 0 Å². The van der Waals surface area contributed by atoms with Crippen LogP contribution in [0, 0.1) is 0 Å². The van der Waals surface area contributed by atoms with E-state index in [0.29, 0.717) is 11.4 Å². The van der Waals surface area contributed by atoms with Gasteiger partial charge in [0.2, 0.25) is 5.88 Å². The summed E-state index contributed by atoms with van der Waals surface area (Å²) in [4.78, 5) is 21.3. The Morgan fingerprint density at radius 3 is 2.52 bits per heavy atom. The lowest BCUT2D eigenvalue weighted by atomic mass is 10.0. The monoisotopic (exact) mass is 371 g/mol. The van der Waals surface area contributed by atoms with E-state index < -0.39 is 5.60 Å². The first kappa shape index (κ1) is 20.4. The number of rotatable bonds is 8. The van der Waals surface area contributed by atoms with Crippen molar-refractivity contribution in [1.82, 2.24) is 10.3 Å². The average Bonchev–Trinajstić information content (AvgIpc) is 2.70. The van der Waals surface area contributed by atoms with E-state index in [0.717, 1.165) is 11.1 Å². The zero-order valence-corrected chi connectivity index (χ0v) is 16.3. The quantitative estimate of drug-likeness (QED) is 0.570. The number of hydrogen-bond donors (Lipinski definition) is 1. The van der Waals surface area contributed by atoms with Gasteiger partial charge in [-0.05, 0) is 25.5 Å². The lowest BCUT2D eigenvalue weighted by Gasteiger charge is -2.23. The maximum Gasteiger partial charge on any atom is 0.273 e. The summed E-state index contributed by atoms with van der Waals surface area (Å²) in [7, 11) is 4.60. The molecule has 0 aliphatic rings. The predicted molar refractivity (Wildman–Crippen MR) is 103 cm³/mol. The Kier molecular flexibility index (Phi) is 6.90. The van der Waals surface area contributed by atoms with Gasteiger partial charge in [0.15, 0.2) is 5.71 Å². The van der Waals surface area contributed by atoms with Crippen LogP contribution in [0.25, 0.3) is 0 Å². The van der Waals surface area contributed by atoms with Crippen molar-refractivity contribution in [3.05, 3.63) is 59.3 Å². The fourth-order valence-corrected chi connectivity index (χ4v) is 2.39. The molecular formula is C20H25N3O4. The number of benzene rings is 1. The largest absolute Gasteiger partial charge is 0.473 e. The second kappa shape index (κ2) is 9.14. The van der Waals surface area contributed by atoms with Gasteiger partial charge in [0.25, 0.3) is 5.91 Å². The van der Waals surface area contributed by atoms with Crippen LogP contribution >= 0.6 is 0 Å². The number of carbonyl (C=O) groups is 1. The third-order valence-corrected chi connectivity index (χ3v) is 4.21. The van der Waals surface area contributed by atoms with E-state index in [9.17, 15) is 4.79 Å². The molecule has 0 atom stereocenters. The van der Waals surface area contributed by atoms with Crippen molar-refractivity contribution in [3.8, 4) is 5.88 Å². The smallest absolute Gasteiger partial charge is 0.273 e. The van der Waals surface area contributed by atoms with Gasteiger partial charge in [-0.2, -0.15) is 0 Å². The first-order valence-electron chi connectivity index (χ1n) is 8.49. The summed E-state index contributed by atoms with van der Waals surface area (Å²) in [6.45, 7) is 4.17. The second-order valence-corrected chi connectivity index (χ2v) is 6.25. The number of methoxy groups -OCH3 is 1. The molecular weight excluding hydrogens is 346 g/mol.